The van der Waals surface area contributed by atoms with E-state index in [9.17, 15) is 4.79 Å². The zero-order valence-electron chi connectivity index (χ0n) is 15.6. The van der Waals surface area contributed by atoms with Gasteiger partial charge in [-0.3, -0.25) is 4.79 Å². The van der Waals surface area contributed by atoms with Crippen molar-refractivity contribution in [2.75, 3.05) is 0 Å². The van der Waals surface area contributed by atoms with Crippen LogP contribution < -0.4 is 5.32 Å². The number of aryl methyl sites for hydroxylation is 2. The molecule has 1 fully saturated rings. The first kappa shape index (κ1) is 18.6. The average molecular weight is 378 g/mol. The summed E-state index contributed by atoms with van der Waals surface area (Å²) in [6.45, 7) is 10.7. The Hall–Kier alpha value is -1.14. The first-order chi connectivity index (χ1) is 11.9. The fourth-order valence-electron chi connectivity index (χ4n) is 3.55. The van der Waals surface area contributed by atoms with Gasteiger partial charge in [0.05, 0.1) is 5.25 Å². The molecule has 4 nitrogen and oxygen atoms in total. The number of fused-ring (bicyclic) bond motifs is 1. The summed E-state index contributed by atoms with van der Waals surface area (Å²) >= 11 is 3.24. The maximum absolute atomic E-state index is 12.7. The topological polar surface area (TPSA) is 54.9 Å². The van der Waals surface area contributed by atoms with E-state index in [1.807, 2.05) is 6.92 Å². The van der Waals surface area contributed by atoms with E-state index in [1.54, 1.807) is 29.4 Å². The molecule has 0 unspecified atom stereocenters. The number of carbonyl (C=O) groups excluding carboxylic acids is 1. The van der Waals surface area contributed by atoms with E-state index < -0.39 is 0 Å². The van der Waals surface area contributed by atoms with E-state index in [-0.39, 0.29) is 11.2 Å². The van der Waals surface area contributed by atoms with Crippen LogP contribution in [0.15, 0.2) is 11.4 Å². The first-order valence-corrected chi connectivity index (χ1v) is 10.8. The molecule has 136 valence electrons. The van der Waals surface area contributed by atoms with Crippen LogP contribution in [0.2, 0.25) is 0 Å². The highest BCUT2D eigenvalue weighted by Crippen LogP contribution is 2.36. The second kappa shape index (κ2) is 7.62. The van der Waals surface area contributed by atoms with E-state index in [2.05, 4.69) is 43.0 Å². The standard InChI is InChI=1S/C19H27N3OS2/c1-10-7-6-8-15(11(10)2)22-17(23)14(5)25-19-16-12(3)13(4)24-18(16)20-9-21-19/h9-11,14-15H,6-8H2,1-5H3,(H,22,23)/t10-,11-,14+,15+/m0/s1. The largest absolute Gasteiger partial charge is 0.352 e. The molecule has 0 radical (unpaired) electrons. The van der Waals surface area contributed by atoms with Crippen LogP contribution in [0.4, 0.5) is 0 Å². The van der Waals surface area contributed by atoms with Gasteiger partial charge in [0, 0.05) is 16.3 Å². The summed E-state index contributed by atoms with van der Waals surface area (Å²) in [5, 5.41) is 5.14. The summed E-state index contributed by atoms with van der Waals surface area (Å²) in [7, 11) is 0. The van der Waals surface area contributed by atoms with Gasteiger partial charge in [0.2, 0.25) is 5.91 Å². The molecule has 2 heterocycles. The minimum absolute atomic E-state index is 0.118. The maximum Gasteiger partial charge on any atom is 0.233 e. The highest BCUT2D eigenvalue weighted by atomic mass is 32.2. The van der Waals surface area contributed by atoms with Crippen LogP contribution in [0.25, 0.3) is 10.2 Å². The third kappa shape index (κ3) is 3.85. The number of amides is 1. The normalized spacial score (nSPS) is 25.1. The SMILES string of the molecule is Cc1sc2ncnc(S[C@H](C)C(=O)N[C@@H]3CCC[C@H](C)[C@@H]3C)c2c1C. The molecule has 1 amide bonds. The Morgan fingerprint density at radius 2 is 2.08 bits per heavy atom. The van der Waals surface area contributed by atoms with E-state index >= 15 is 0 Å². The molecule has 25 heavy (non-hydrogen) atoms. The van der Waals surface area contributed by atoms with Crippen molar-refractivity contribution in [2.45, 2.75) is 70.2 Å². The number of carbonyl (C=O) groups is 1. The Morgan fingerprint density at radius 3 is 2.84 bits per heavy atom. The fraction of sp³-hybridized carbons (Fsp3) is 0.632. The third-order valence-corrected chi connectivity index (χ3v) is 7.84. The molecule has 0 bridgehead atoms. The zero-order valence-corrected chi connectivity index (χ0v) is 17.3. The Balaban J connectivity index is 1.72. The molecule has 4 atom stereocenters. The molecule has 3 rings (SSSR count). The van der Waals surface area contributed by atoms with Crippen molar-refractivity contribution < 1.29 is 4.79 Å². The van der Waals surface area contributed by atoms with Crippen LogP contribution in [0.5, 0.6) is 0 Å². The van der Waals surface area contributed by atoms with Crippen molar-refractivity contribution in [3.05, 3.63) is 16.8 Å². The summed E-state index contributed by atoms with van der Waals surface area (Å²) in [4.78, 5) is 23.8. The van der Waals surface area contributed by atoms with Gasteiger partial charge in [0.1, 0.15) is 16.2 Å². The summed E-state index contributed by atoms with van der Waals surface area (Å²) in [5.41, 5.74) is 1.23. The van der Waals surface area contributed by atoms with Crippen LogP contribution in [0.1, 0.15) is 50.5 Å². The van der Waals surface area contributed by atoms with Crippen molar-refractivity contribution in [2.24, 2.45) is 11.8 Å². The van der Waals surface area contributed by atoms with Crippen LogP contribution in [-0.4, -0.2) is 27.2 Å². The number of hydrogen-bond donors (Lipinski definition) is 1. The Bertz CT molecular complexity index is 773. The molecule has 1 aliphatic carbocycles. The Kier molecular flexibility index (Phi) is 5.68. The quantitative estimate of drug-likeness (QED) is 0.618. The lowest BCUT2D eigenvalue weighted by molar-refractivity contribution is -0.121. The van der Waals surface area contributed by atoms with Gasteiger partial charge in [-0.05, 0) is 44.6 Å². The molecule has 2 aromatic heterocycles. The predicted octanol–water partition coefficient (Wildman–Crippen LogP) is 4.73. The van der Waals surface area contributed by atoms with E-state index in [0.717, 1.165) is 21.7 Å². The van der Waals surface area contributed by atoms with Crippen molar-refractivity contribution in [1.82, 2.24) is 15.3 Å². The summed E-state index contributed by atoms with van der Waals surface area (Å²) < 4.78 is 0. The lowest BCUT2D eigenvalue weighted by Gasteiger charge is -2.35. The highest BCUT2D eigenvalue weighted by molar-refractivity contribution is 8.00. The lowest BCUT2D eigenvalue weighted by atomic mass is 9.78. The zero-order chi connectivity index (χ0) is 18.1. The third-order valence-electron chi connectivity index (χ3n) is 5.62. The van der Waals surface area contributed by atoms with Gasteiger partial charge >= 0.3 is 0 Å². The second-order valence-corrected chi connectivity index (χ2v) is 9.82. The summed E-state index contributed by atoms with van der Waals surface area (Å²) in [6, 6.07) is 0.301. The van der Waals surface area contributed by atoms with Crippen LogP contribution in [0, 0.1) is 25.7 Å². The van der Waals surface area contributed by atoms with Gasteiger partial charge in [-0.25, -0.2) is 9.97 Å². The summed E-state index contributed by atoms with van der Waals surface area (Å²) in [5.74, 6) is 1.34. The first-order valence-electron chi connectivity index (χ1n) is 9.06. The Morgan fingerprint density at radius 1 is 1.32 bits per heavy atom. The van der Waals surface area contributed by atoms with Crippen LogP contribution in [0.3, 0.4) is 0 Å². The highest BCUT2D eigenvalue weighted by Gasteiger charge is 2.29. The molecule has 1 N–H and O–H groups in total. The number of aromatic nitrogens is 2. The van der Waals surface area contributed by atoms with Gasteiger partial charge in [0.25, 0.3) is 0 Å². The van der Waals surface area contributed by atoms with Crippen molar-refractivity contribution in [1.29, 1.82) is 0 Å². The number of thioether (sulfide) groups is 1. The molecule has 6 heteroatoms. The second-order valence-electron chi connectivity index (χ2n) is 7.28. The van der Waals surface area contributed by atoms with Gasteiger partial charge in [-0.2, -0.15) is 0 Å². The summed E-state index contributed by atoms with van der Waals surface area (Å²) in [6.07, 6.45) is 5.18. The average Bonchev–Trinajstić information content (AvgIpc) is 2.87. The molecular weight excluding hydrogens is 350 g/mol. The number of nitrogens with one attached hydrogen (secondary N) is 1. The molecule has 0 aromatic carbocycles. The van der Waals surface area contributed by atoms with Crippen LogP contribution in [-0.2, 0) is 4.79 Å². The molecule has 1 saturated carbocycles. The molecule has 2 aromatic rings. The van der Waals surface area contributed by atoms with Gasteiger partial charge in [0.15, 0.2) is 0 Å². The van der Waals surface area contributed by atoms with Crippen molar-refractivity contribution >= 4 is 39.2 Å². The Labute approximate surface area is 158 Å². The van der Waals surface area contributed by atoms with E-state index in [0.29, 0.717) is 17.9 Å². The number of hydrogen-bond acceptors (Lipinski definition) is 5. The van der Waals surface area contributed by atoms with E-state index in [4.69, 9.17) is 0 Å². The number of thiophene rings is 1. The lowest BCUT2D eigenvalue weighted by Crippen LogP contribution is -2.46. The molecule has 0 aliphatic heterocycles. The molecule has 0 saturated heterocycles. The van der Waals surface area contributed by atoms with Gasteiger partial charge in [-0.1, -0.05) is 38.5 Å². The van der Waals surface area contributed by atoms with Gasteiger partial charge < -0.3 is 5.32 Å². The molecule has 0 spiro atoms. The molecular formula is C19H27N3OS2. The van der Waals surface area contributed by atoms with Crippen molar-refractivity contribution in [3.63, 3.8) is 0 Å². The fourth-order valence-corrected chi connectivity index (χ4v) is 5.59. The van der Waals surface area contributed by atoms with Crippen molar-refractivity contribution in [3.8, 4) is 0 Å². The maximum atomic E-state index is 12.7. The molecule has 1 aliphatic rings. The minimum atomic E-state index is -0.165. The minimum Gasteiger partial charge on any atom is -0.352 e. The van der Waals surface area contributed by atoms with Gasteiger partial charge in [-0.15, -0.1) is 11.3 Å². The monoisotopic (exact) mass is 377 g/mol. The number of nitrogens with zero attached hydrogens (tertiary/aromatic N) is 2. The number of rotatable bonds is 4. The van der Waals surface area contributed by atoms with E-state index in [1.165, 1.54) is 23.3 Å². The predicted molar refractivity (Wildman–Crippen MR) is 106 cm³/mol. The smallest absolute Gasteiger partial charge is 0.233 e. The van der Waals surface area contributed by atoms with Crippen LogP contribution >= 0.6 is 23.1 Å².